The normalized spacial score (nSPS) is 18.8. The van der Waals surface area contributed by atoms with E-state index >= 15 is 8.78 Å². The fourth-order valence-electron chi connectivity index (χ4n) is 9.60. The quantitative estimate of drug-likeness (QED) is 0.0973. The molecule has 0 saturated carbocycles. The second-order valence-corrected chi connectivity index (χ2v) is 21.0. The van der Waals surface area contributed by atoms with E-state index in [9.17, 15) is 12.6 Å². The molecule has 2 aromatic carbocycles. The van der Waals surface area contributed by atoms with Crippen LogP contribution in [0.4, 0.5) is 14.5 Å². The molecule has 3 saturated heterocycles. The number of piperazine rings is 1. The summed E-state index contributed by atoms with van der Waals surface area (Å²) in [4.78, 5) is 14.4. The van der Waals surface area contributed by atoms with Gasteiger partial charge in [-0.25, -0.2) is 17.2 Å². The number of halogens is 2. The van der Waals surface area contributed by atoms with Crippen molar-refractivity contribution in [2.24, 2.45) is 0 Å². The zero-order chi connectivity index (χ0) is 42.6. The molecule has 9 nitrogen and oxygen atoms in total. The van der Waals surface area contributed by atoms with Gasteiger partial charge in [0.05, 0.1) is 22.7 Å². The monoisotopic (exact) mass is 871 g/mol. The summed E-state index contributed by atoms with van der Waals surface area (Å²) in [6.07, 6.45) is 21.0. The van der Waals surface area contributed by atoms with Gasteiger partial charge in [0, 0.05) is 90.9 Å². The molecule has 4 heterocycles. The highest BCUT2D eigenvalue weighted by Crippen LogP contribution is 2.40. The van der Waals surface area contributed by atoms with Crippen molar-refractivity contribution in [2.75, 3.05) is 70.1 Å². The Morgan fingerprint density at radius 2 is 1.28 bits per heavy atom. The Bertz CT molecular complexity index is 1940. The molecule has 334 valence electrons. The van der Waals surface area contributed by atoms with Crippen molar-refractivity contribution in [2.45, 2.75) is 156 Å². The van der Waals surface area contributed by atoms with Crippen LogP contribution in [0.25, 0.3) is 10.9 Å². The van der Waals surface area contributed by atoms with E-state index in [0.29, 0.717) is 59.1 Å². The highest BCUT2D eigenvalue weighted by molar-refractivity contribution is 7.91. The van der Waals surface area contributed by atoms with E-state index in [1.807, 2.05) is 0 Å². The molecule has 3 aliphatic heterocycles. The molecular weight excluding hydrogens is 801 g/mol. The number of aromatic nitrogens is 1. The zero-order valence-corrected chi connectivity index (χ0v) is 38.4. The minimum atomic E-state index is -4.45. The van der Waals surface area contributed by atoms with E-state index in [1.54, 1.807) is 24.5 Å². The third-order valence-electron chi connectivity index (χ3n) is 13.3. The first-order valence-electron chi connectivity index (χ1n) is 23.1. The zero-order valence-electron chi connectivity index (χ0n) is 36.8. The minimum Gasteiger partial charge on any atom is -0.488 e. The standard InChI is InChI=1S/C47H71F2N5O4S2/c1-5-6-7-8-9-10-11-12-13-14-15-16-31-58-47-42(48)33-40(34-43(47)49)60(56,57)45-35-50-44-18-17-39(59(4)55)32-41(44)46(45)54-25-21-37(22-26-54)52-23-19-38(20-24-52)53-29-27-51(28-30-53)36(2)3/h17-18,32-38H,5-16,19-31H2,1-4H3. The summed E-state index contributed by atoms with van der Waals surface area (Å²) in [6, 6.07) is 8.58. The van der Waals surface area contributed by atoms with Crippen LogP contribution in [-0.4, -0.2) is 116 Å². The van der Waals surface area contributed by atoms with Gasteiger partial charge in [-0.05, 0) is 89.4 Å². The first kappa shape index (κ1) is 46.8. The number of anilines is 1. The Balaban J connectivity index is 1.09. The van der Waals surface area contributed by atoms with Crippen LogP contribution in [0.3, 0.4) is 0 Å². The van der Waals surface area contributed by atoms with Gasteiger partial charge < -0.3 is 14.5 Å². The van der Waals surface area contributed by atoms with E-state index in [1.165, 1.54) is 57.6 Å². The van der Waals surface area contributed by atoms with E-state index in [-0.39, 0.29) is 11.5 Å². The lowest BCUT2D eigenvalue weighted by molar-refractivity contribution is 0.0359. The molecule has 0 amide bonds. The number of piperidine rings is 2. The fraction of sp³-hybridized carbons (Fsp3) is 0.681. The van der Waals surface area contributed by atoms with Crippen molar-refractivity contribution in [3.05, 3.63) is 48.2 Å². The van der Waals surface area contributed by atoms with E-state index in [0.717, 1.165) is 96.3 Å². The topological polar surface area (TPSA) is 86.3 Å². The molecule has 60 heavy (non-hydrogen) atoms. The Hall–Kier alpha value is -2.71. The van der Waals surface area contributed by atoms with Crippen molar-refractivity contribution >= 4 is 37.2 Å². The number of ether oxygens (including phenoxy) is 1. The lowest BCUT2D eigenvalue weighted by atomic mass is 9.96. The van der Waals surface area contributed by atoms with Crippen LogP contribution in [0, 0.1) is 11.6 Å². The molecule has 1 unspecified atom stereocenters. The van der Waals surface area contributed by atoms with Gasteiger partial charge in [0.15, 0.2) is 17.4 Å². The summed E-state index contributed by atoms with van der Waals surface area (Å²) >= 11 is 0. The molecule has 1 atom stereocenters. The van der Waals surface area contributed by atoms with Gasteiger partial charge in [0.25, 0.3) is 0 Å². The first-order valence-corrected chi connectivity index (χ1v) is 26.1. The van der Waals surface area contributed by atoms with Crippen molar-refractivity contribution in [1.82, 2.24) is 19.7 Å². The SMILES string of the molecule is CCCCCCCCCCCCCCOc1c(F)cc(S(=O)(=O)c2cnc3ccc(S(C)=O)cc3c2N2CCC(N3CCC(N4CCN(C(C)C)CC4)CC3)CC2)cc1F. The Morgan fingerprint density at radius 3 is 1.83 bits per heavy atom. The summed E-state index contributed by atoms with van der Waals surface area (Å²) < 4.78 is 78.2. The molecule has 3 aromatic rings. The van der Waals surface area contributed by atoms with Crippen LogP contribution in [0.2, 0.25) is 0 Å². The number of unbranched alkanes of at least 4 members (excludes halogenated alkanes) is 11. The predicted molar refractivity (Wildman–Crippen MR) is 241 cm³/mol. The maximum absolute atomic E-state index is 15.5. The number of rotatable bonds is 21. The van der Waals surface area contributed by atoms with Gasteiger partial charge in [-0.15, -0.1) is 0 Å². The summed E-state index contributed by atoms with van der Waals surface area (Å²) in [5.41, 5.74) is 1.01. The average Bonchev–Trinajstić information content (AvgIpc) is 3.25. The van der Waals surface area contributed by atoms with Gasteiger partial charge in [-0.1, -0.05) is 77.6 Å². The predicted octanol–water partition coefficient (Wildman–Crippen LogP) is 9.62. The Kier molecular flexibility index (Phi) is 17.6. The molecule has 1 aromatic heterocycles. The number of sulfone groups is 1. The second kappa shape index (κ2) is 22.6. The van der Waals surface area contributed by atoms with Crippen molar-refractivity contribution in [1.29, 1.82) is 0 Å². The summed E-state index contributed by atoms with van der Waals surface area (Å²) in [5.74, 6) is -2.65. The van der Waals surface area contributed by atoms with Crippen LogP contribution in [-0.2, 0) is 20.6 Å². The molecule has 0 radical (unpaired) electrons. The lowest BCUT2D eigenvalue weighted by Gasteiger charge is -2.46. The molecule has 3 fully saturated rings. The molecular formula is C47H71F2N5O4S2. The maximum Gasteiger partial charge on any atom is 0.210 e. The Labute approximate surface area is 362 Å². The minimum absolute atomic E-state index is 0.116. The lowest BCUT2D eigenvalue weighted by Crippen LogP contribution is -2.56. The number of hydrogen-bond donors (Lipinski definition) is 0. The van der Waals surface area contributed by atoms with Gasteiger partial charge in [0.2, 0.25) is 9.84 Å². The van der Waals surface area contributed by atoms with Gasteiger partial charge in [-0.2, -0.15) is 0 Å². The number of benzene rings is 2. The third-order valence-corrected chi connectivity index (χ3v) is 16.0. The van der Waals surface area contributed by atoms with E-state index in [4.69, 9.17) is 4.74 Å². The van der Waals surface area contributed by atoms with Crippen molar-refractivity contribution in [3.8, 4) is 5.75 Å². The maximum atomic E-state index is 15.5. The smallest absolute Gasteiger partial charge is 0.210 e. The molecule has 6 rings (SSSR count). The van der Waals surface area contributed by atoms with Crippen LogP contribution in [0.5, 0.6) is 5.75 Å². The molecule has 3 aliphatic rings. The highest BCUT2D eigenvalue weighted by atomic mass is 32.2. The highest BCUT2D eigenvalue weighted by Gasteiger charge is 2.35. The first-order chi connectivity index (χ1) is 29.0. The Morgan fingerprint density at radius 1 is 0.750 bits per heavy atom. The molecule has 0 spiro atoms. The van der Waals surface area contributed by atoms with Gasteiger partial charge in [0.1, 0.15) is 4.90 Å². The number of nitrogens with zero attached hydrogens (tertiary/aromatic N) is 5. The summed E-state index contributed by atoms with van der Waals surface area (Å²) in [5, 5.41) is 0.559. The van der Waals surface area contributed by atoms with Crippen LogP contribution < -0.4 is 9.64 Å². The summed E-state index contributed by atoms with van der Waals surface area (Å²) in [6.45, 7) is 14.8. The van der Waals surface area contributed by atoms with E-state index < -0.39 is 42.9 Å². The fourth-order valence-corrected chi connectivity index (χ4v) is 11.6. The summed E-state index contributed by atoms with van der Waals surface area (Å²) in [7, 11) is -5.77. The molecule has 13 heteroatoms. The molecule has 0 N–H and O–H groups in total. The second-order valence-electron chi connectivity index (χ2n) is 17.7. The van der Waals surface area contributed by atoms with Crippen molar-refractivity contribution in [3.63, 3.8) is 0 Å². The van der Waals surface area contributed by atoms with Crippen molar-refractivity contribution < 1.29 is 26.1 Å². The average molecular weight is 872 g/mol. The number of pyridine rings is 1. The molecule has 0 bridgehead atoms. The third kappa shape index (κ3) is 12.1. The van der Waals surface area contributed by atoms with Gasteiger partial charge in [-0.3, -0.25) is 19.0 Å². The number of fused-ring (bicyclic) bond motifs is 1. The van der Waals surface area contributed by atoms with E-state index in [2.05, 4.69) is 45.4 Å². The van der Waals surface area contributed by atoms with Crippen LogP contribution >= 0.6 is 0 Å². The number of hydrogen-bond acceptors (Lipinski definition) is 9. The van der Waals surface area contributed by atoms with Crippen LogP contribution in [0.1, 0.15) is 124 Å². The molecule has 0 aliphatic carbocycles. The largest absolute Gasteiger partial charge is 0.488 e. The number of likely N-dealkylation sites (tertiary alicyclic amines) is 1. The van der Waals surface area contributed by atoms with Gasteiger partial charge >= 0.3 is 0 Å². The van der Waals surface area contributed by atoms with Crippen LogP contribution in [0.15, 0.2) is 51.2 Å².